The van der Waals surface area contributed by atoms with Crippen LogP contribution in [-0.2, 0) is 21.2 Å². The number of sulfonamides is 1. The average molecular weight is 559 g/mol. The summed E-state index contributed by atoms with van der Waals surface area (Å²) in [4.78, 5) is 12.9. The number of benzene rings is 3. The molecule has 0 saturated carbocycles. The normalized spacial score (nSPS) is 10.9. The van der Waals surface area contributed by atoms with Crippen LogP contribution in [0.25, 0.3) is 0 Å². The second-order valence-corrected chi connectivity index (χ2v) is 10.2. The van der Waals surface area contributed by atoms with E-state index in [-0.39, 0.29) is 22.1 Å². The minimum Gasteiger partial charge on any atom is -0.497 e. The zero-order valence-corrected chi connectivity index (χ0v) is 23.5. The van der Waals surface area contributed by atoms with Crippen molar-refractivity contribution in [2.45, 2.75) is 17.7 Å². The van der Waals surface area contributed by atoms with Gasteiger partial charge in [0.05, 0.1) is 46.1 Å². The molecule has 0 fully saturated rings. The monoisotopic (exact) mass is 558 g/mol. The van der Waals surface area contributed by atoms with E-state index in [1.54, 1.807) is 19.2 Å². The summed E-state index contributed by atoms with van der Waals surface area (Å²) >= 11 is 0. The van der Waals surface area contributed by atoms with E-state index >= 15 is 0 Å². The quantitative estimate of drug-likeness (QED) is 0.298. The highest BCUT2D eigenvalue weighted by Gasteiger charge is 2.31. The van der Waals surface area contributed by atoms with E-state index < -0.39 is 22.5 Å². The predicted molar refractivity (Wildman–Crippen MR) is 148 cm³/mol. The van der Waals surface area contributed by atoms with Crippen LogP contribution in [0.3, 0.4) is 0 Å². The summed E-state index contributed by atoms with van der Waals surface area (Å²) in [6.07, 6.45) is 1.41. The first kappa shape index (κ1) is 29.4. The molecule has 3 aromatic carbocycles. The third-order valence-corrected chi connectivity index (χ3v) is 7.76. The van der Waals surface area contributed by atoms with E-state index in [9.17, 15) is 13.2 Å². The fraction of sp³-hybridized carbons (Fsp3) is 0.321. The lowest BCUT2D eigenvalue weighted by Gasteiger charge is -2.26. The Bertz CT molecular complexity index is 1360. The number of amides is 1. The van der Waals surface area contributed by atoms with Gasteiger partial charge in [-0.15, -0.1) is 0 Å². The van der Waals surface area contributed by atoms with Crippen molar-refractivity contribution < 1.29 is 36.9 Å². The van der Waals surface area contributed by atoms with Gasteiger partial charge in [0.15, 0.2) is 11.5 Å². The Balaban J connectivity index is 1.85. The van der Waals surface area contributed by atoms with Crippen molar-refractivity contribution in [1.29, 1.82) is 0 Å². The van der Waals surface area contributed by atoms with E-state index in [4.69, 9.17) is 23.7 Å². The first-order chi connectivity index (χ1) is 18.8. The third-order valence-electron chi connectivity index (χ3n) is 6.01. The number of nitrogens with zero attached hydrogens (tertiary/aromatic N) is 1. The minimum absolute atomic E-state index is 0.0858. The number of ether oxygens (including phenoxy) is 5. The van der Waals surface area contributed by atoms with Gasteiger partial charge in [-0.05, 0) is 54.8 Å². The SMILES string of the molecule is COc1ccc(CCCNC(=O)CN(c2cc(OC)ccc2OC)S(=O)(=O)c2ccc(OC)c(OC)c2)cc1. The number of hydrogen-bond donors (Lipinski definition) is 1. The van der Waals surface area contributed by atoms with Gasteiger partial charge in [-0.2, -0.15) is 0 Å². The summed E-state index contributed by atoms with van der Waals surface area (Å²) in [5.74, 6) is 1.57. The maximum absolute atomic E-state index is 13.9. The number of carbonyl (C=O) groups is 1. The van der Waals surface area contributed by atoms with Crippen LogP contribution in [0.5, 0.6) is 28.7 Å². The molecule has 3 aromatic rings. The first-order valence-corrected chi connectivity index (χ1v) is 13.6. The second kappa shape index (κ2) is 13.6. The molecule has 0 atom stereocenters. The summed E-state index contributed by atoms with van der Waals surface area (Å²) in [6.45, 7) is -0.118. The Morgan fingerprint density at radius 2 is 1.36 bits per heavy atom. The molecular formula is C28H34N2O8S. The number of hydrogen-bond acceptors (Lipinski definition) is 8. The summed E-state index contributed by atoms with van der Waals surface area (Å²) < 4.78 is 55.3. The Morgan fingerprint density at radius 1 is 0.744 bits per heavy atom. The van der Waals surface area contributed by atoms with E-state index in [0.717, 1.165) is 22.0 Å². The van der Waals surface area contributed by atoms with Gasteiger partial charge >= 0.3 is 0 Å². The van der Waals surface area contributed by atoms with Crippen LogP contribution in [0.15, 0.2) is 65.6 Å². The number of methoxy groups -OCH3 is 5. The molecule has 3 rings (SSSR count). The average Bonchev–Trinajstić information content (AvgIpc) is 2.97. The third kappa shape index (κ3) is 7.26. The molecule has 39 heavy (non-hydrogen) atoms. The summed E-state index contributed by atoms with van der Waals surface area (Å²) in [5.41, 5.74) is 1.25. The van der Waals surface area contributed by atoms with Crippen LogP contribution in [0, 0.1) is 0 Å². The van der Waals surface area contributed by atoms with Gasteiger partial charge in [0.2, 0.25) is 5.91 Å². The Kier molecular flexibility index (Phi) is 10.3. The van der Waals surface area contributed by atoms with E-state index in [1.165, 1.54) is 52.7 Å². The van der Waals surface area contributed by atoms with Gasteiger partial charge in [0.1, 0.15) is 23.8 Å². The molecule has 0 saturated heterocycles. The predicted octanol–water partition coefficient (Wildman–Crippen LogP) is 3.67. The van der Waals surface area contributed by atoms with Crippen LogP contribution in [0.1, 0.15) is 12.0 Å². The minimum atomic E-state index is -4.26. The van der Waals surface area contributed by atoms with E-state index in [1.807, 2.05) is 24.3 Å². The molecule has 1 N–H and O–H groups in total. The molecule has 210 valence electrons. The molecule has 0 aliphatic rings. The Hall–Kier alpha value is -4.12. The maximum Gasteiger partial charge on any atom is 0.265 e. The molecule has 0 aliphatic heterocycles. The number of aryl methyl sites for hydroxylation is 1. The second-order valence-electron chi connectivity index (χ2n) is 8.37. The van der Waals surface area contributed by atoms with Crippen molar-refractivity contribution in [2.75, 3.05) is 52.9 Å². The molecule has 0 radical (unpaired) electrons. The van der Waals surface area contributed by atoms with E-state index in [0.29, 0.717) is 24.5 Å². The van der Waals surface area contributed by atoms with Crippen molar-refractivity contribution in [3.63, 3.8) is 0 Å². The van der Waals surface area contributed by atoms with E-state index in [2.05, 4.69) is 5.32 Å². The van der Waals surface area contributed by atoms with Crippen LogP contribution >= 0.6 is 0 Å². The van der Waals surface area contributed by atoms with Crippen molar-refractivity contribution >= 4 is 21.6 Å². The van der Waals surface area contributed by atoms with Gasteiger partial charge in [-0.25, -0.2) is 8.42 Å². The molecule has 0 aliphatic carbocycles. The summed E-state index contributed by atoms with van der Waals surface area (Å²) in [7, 11) is 3.12. The molecule has 0 spiro atoms. The first-order valence-electron chi connectivity index (χ1n) is 12.1. The standard InChI is InChI=1S/C28H34N2O8S/c1-34-21-10-8-20(9-11-21)7-6-16-29-28(31)19-30(24-17-22(35-2)12-14-25(24)36-3)39(32,33)23-13-15-26(37-4)27(18-23)38-5/h8-15,17-18H,6-7,16,19H2,1-5H3,(H,29,31). The largest absolute Gasteiger partial charge is 0.497 e. The number of anilines is 1. The highest BCUT2D eigenvalue weighted by molar-refractivity contribution is 7.92. The number of rotatable bonds is 14. The molecule has 0 aromatic heterocycles. The summed E-state index contributed by atoms with van der Waals surface area (Å²) in [5, 5.41) is 2.82. The lowest BCUT2D eigenvalue weighted by molar-refractivity contribution is -0.119. The van der Waals surface area contributed by atoms with Crippen LogP contribution in [0.4, 0.5) is 5.69 Å². The highest BCUT2D eigenvalue weighted by Crippen LogP contribution is 2.37. The van der Waals surface area contributed by atoms with Crippen LogP contribution in [-0.4, -0.2) is 63.0 Å². The molecule has 11 heteroatoms. The van der Waals surface area contributed by atoms with Gasteiger partial charge in [0.25, 0.3) is 10.0 Å². The molecule has 1 amide bonds. The van der Waals surface area contributed by atoms with Crippen molar-refractivity contribution in [3.05, 3.63) is 66.2 Å². The van der Waals surface area contributed by atoms with Crippen molar-refractivity contribution in [1.82, 2.24) is 5.32 Å². The number of nitrogens with one attached hydrogen (secondary N) is 1. The van der Waals surface area contributed by atoms with Crippen LogP contribution < -0.4 is 33.3 Å². The molecule has 10 nitrogen and oxygen atoms in total. The topological polar surface area (TPSA) is 113 Å². The highest BCUT2D eigenvalue weighted by atomic mass is 32.2. The smallest absolute Gasteiger partial charge is 0.265 e. The Labute approximate surface area is 229 Å². The molecule has 0 bridgehead atoms. The Morgan fingerprint density at radius 3 is 1.97 bits per heavy atom. The number of carbonyl (C=O) groups excluding carboxylic acids is 1. The lowest BCUT2D eigenvalue weighted by atomic mass is 10.1. The zero-order valence-electron chi connectivity index (χ0n) is 22.7. The zero-order chi connectivity index (χ0) is 28.4. The fourth-order valence-electron chi connectivity index (χ4n) is 3.89. The summed E-state index contributed by atoms with van der Waals surface area (Å²) in [6, 6.07) is 16.7. The maximum atomic E-state index is 13.9. The molecule has 0 heterocycles. The van der Waals surface area contributed by atoms with Gasteiger partial charge in [0, 0.05) is 18.7 Å². The fourth-order valence-corrected chi connectivity index (χ4v) is 5.33. The van der Waals surface area contributed by atoms with Crippen LogP contribution in [0.2, 0.25) is 0 Å². The van der Waals surface area contributed by atoms with Gasteiger partial charge < -0.3 is 29.0 Å². The molecule has 0 unspecified atom stereocenters. The van der Waals surface area contributed by atoms with Crippen molar-refractivity contribution in [3.8, 4) is 28.7 Å². The lowest BCUT2D eigenvalue weighted by Crippen LogP contribution is -2.41. The van der Waals surface area contributed by atoms with Gasteiger partial charge in [-0.1, -0.05) is 12.1 Å². The van der Waals surface area contributed by atoms with Gasteiger partial charge in [-0.3, -0.25) is 9.10 Å². The van der Waals surface area contributed by atoms with Crippen molar-refractivity contribution in [2.24, 2.45) is 0 Å². The molecular weight excluding hydrogens is 524 g/mol.